The first-order valence-electron chi connectivity index (χ1n) is 12.6. The molecule has 3 aliphatic rings. The number of nitrogens with one attached hydrogen (secondary N) is 1. The maximum absolute atomic E-state index is 14.0. The number of ether oxygens (including phenoxy) is 1. The molecule has 0 spiro atoms. The Kier molecular flexibility index (Phi) is 6.66. The van der Waals surface area contributed by atoms with Crippen LogP contribution in [0.1, 0.15) is 43.2 Å². The van der Waals surface area contributed by atoms with Gasteiger partial charge in [0.25, 0.3) is 5.91 Å². The van der Waals surface area contributed by atoms with E-state index in [-0.39, 0.29) is 17.9 Å². The zero-order chi connectivity index (χ0) is 22.7. The van der Waals surface area contributed by atoms with E-state index in [0.717, 1.165) is 50.9 Å². The van der Waals surface area contributed by atoms with Gasteiger partial charge in [0.15, 0.2) is 5.60 Å². The van der Waals surface area contributed by atoms with Gasteiger partial charge in [-0.3, -0.25) is 9.69 Å². The summed E-state index contributed by atoms with van der Waals surface area (Å²) in [7, 11) is 0. The number of piperidine rings is 1. The number of benzene rings is 2. The van der Waals surface area contributed by atoms with Gasteiger partial charge in [-0.25, -0.2) is 0 Å². The van der Waals surface area contributed by atoms with E-state index in [1.54, 1.807) is 6.08 Å². The van der Waals surface area contributed by atoms with E-state index in [1.165, 1.54) is 12.0 Å². The van der Waals surface area contributed by atoms with Crippen molar-refractivity contribution in [2.75, 3.05) is 19.7 Å². The highest BCUT2D eigenvalue weighted by atomic mass is 16.5. The number of carbonyl (C=O) groups excluding carboxylic acids is 1. The van der Waals surface area contributed by atoms with Crippen LogP contribution < -0.4 is 5.32 Å². The van der Waals surface area contributed by atoms with Gasteiger partial charge in [0.2, 0.25) is 0 Å². The Bertz CT molecular complexity index is 929. The van der Waals surface area contributed by atoms with E-state index < -0.39 is 5.60 Å². The molecule has 4 nitrogen and oxygen atoms in total. The highest BCUT2D eigenvalue weighted by molar-refractivity contribution is 5.87. The summed E-state index contributed by atoms with van der Waals surface area (Å²) in [5, 5.41) is 3.46. The molecule has 0 radical (unpaired) electrons. The number of fused-ring (bicyclic) bond motifs is 1. The Hall–Kier alpha value is -2.43. The number of rotatable bonds is 9. The van der Waals surface area contributed by atoms with Crippen LogP contribution in [0.3, 0.4) is 0 Å². The Morgan fingerprint density at radius 1 is 1.00 bits per heavy atom. The van der Waals surface area contributed by atoms with E-state index in [0.29, 0.717) is 18.4 Å². The van der Waals surface area contributed by atoms with Crippen molar-refractivity contribution in [2.24, 2.45) is 17.8 Å². The van der Waals surface area contributed by atoms with Gasteiger partial charge < -0.3 is 10.1 Å². The minimum absolute atomic E-state index is 0.0523. The molecule has 5 rings (SSSR count). The lowest BCUT2D eigenvalue weighted by molar-refractivity contribution is -0.159. The van der Waals surface area contributed by atoms with Crippen LogP contribution in [0.5, 0.6) is 0 Å². The summed E-state index contributed by atoms with van der Waals surface area (Å²) in [6.07, 6.45) is 7.39. The third kappa shape index (κ3) is 4.51. The lowest BCUT2D eigenvalue weighted by Crippen LogP contribution is -2.53. The van der Waals surface area contributed by atoms with Crippen LogP contribution in [0.15, 0.2) is 73.3 Å². The quantitative estimate of drug-likeness (QED) is 0.559. The fraction of sp³-hybridized carbons (Fsp3) is 0.483. The summed E-state index contributed by atoms with van der Waals surface area (Å²) >= 11 is 0. The van der Waals surface area contributed by atoms with Gasteiger partial charge in [-0.1, -0.05) is 86.0 Å². The highest BCUT2D eigenvalue weighted by Gasteiger charge is 2.58. The molecular formula is C29H36N2O2. The third-order valence-electron chi connectivity index (χ3n) is 7.97. The van der Waals surface area contributed by atoms with Crippen LogP contribution in [-0.4, -0.2) is 36.5 Å². The van der Waals surface area contributed by atoms with Gasteiger partial charge in [-0.05, 0) is 35.8 Å². The standard InChI is InChI=1S/C29H36N2O2/c1-2-18-33-29(23-14-8-4-9-15-23,24-16-10-5-11-17-24)28(32)30-27-25-20-31(21-26(25)27)19-22-12-6-3-7-13-22/h2-4,6-9,12-15,24-27H,1,5,10-11,16-21H2,(H,30,32). The van der Waals surface area contributed by atoms with Crippen molar-refractivity contribution in [3.63, 3.8) is 0 Å². The smallest absolute Gasteiger partial charge is 0.257 e. The maximum Gasteiger partial charge on any atom is 0.257 e. The van der Waals surface area contributed by atoms with Crippen LogP contribution >= 0.6 is 0 Å². The van der Waals surface area contributed by atoms with Crippen molar-refractivity contribution in [3.05, 3.63) is 84.4 Å². The molecule has 33 heavy (non-hydrogen) atoms. The van der Waals surface area contributed by atoms with Crippen LogP contribution in [0.4, 0.5) is 0 Å². The van der Waals surface area contributed by atoms with E-state index in [9.17, 15) is 4.79 Å². The number of amides is 1. The monoisotopic (exact) mass is 444 g/mol. The predicted octanol–water partition coefficient (Wildman–Crippen LogP) is 4.91. The molecule has 1 heterocycles. The lowest BCUT2D eigenvalue weighted by atomic mass is 9.72. The van der Waals surface area contributed by atoms with Crippen molar-refractivity contribution in [1.82, 2.24) is 10.2 Å². The summed E-state index contributed by atoms with van der Waals surface area (Å²) in [6.45, 7) is 7.34. The first-order chi connectivity index (χ1) is 16.2. The normalized spacial score (nSPS) is 26.8. The number of hydrogen-bond acceptors (Lipinski definition) is 3. The van der Waals surface area contributed by atoms with Gasteiger partial charge in [0, 0.05) is 31.6 Å². The van der Waals surface area contributed by atoms with Gasteiger partial charge >= 0.3 is 0 Å². The zero-order valence-electron chi connectivity index (χ0n) is 19.5. The summed E-state index contributed by atoms with van der Waals surface area (Å²) in [5.41, 5.74) is 1.40. The van der Waals surface area contributed by atoms with E-state index in [2.05, 4.69) is 59.3 Å². The van der Waals surface area contributed by atoms with Crippen molar-refractivity contribution in [1.29, 1.82) is 0 Å². The molecule has 2 aromatic rings. The molecule has 174 valence electrons. The molecule has 0 aromatic heterocycles. The van der Waals surface area contributed by atoms with E-state index >= 15 is 0 Å². The van der Waals surface area contributed by atoms with Crippen LogP contribution in [0, 0.1) is 17.8 Å². The van der Waals surface area contributed by atoms with Gasteiger partial charge in [-0.15, -0.1) is 6.58 Å². The Labute approximate surface area is 198 Å². The summed E-state index contributed by atoms with van der Waals surface area (Å²) in [5.74, 6) is 1.35. The highest BCUT2D eigenvalue weighted by Crippen LogP contribution is 2.48. The molecule has 3 fully saturated rings. The summed E-state index contributed by atoms with van der Waals surface area (Å²) in [6, 6.07) is 21.1. The molecule has 2 aliphatic carbocycles. The lowest BCUT2D eigenvalue weighted by Gasteiger charge is -2.41. The summed E-state index contributed by atoms with van der Waals surface area (Å²) < 4.78 is 6.48. The zero-order valence-corrected chi connectivity index (χ0v) is 19.5. The maximum atomic E-state index is 14.0. The Morgan fingerprint density at radius 3 is 2.27 bits per heavy atom. The first-order valence-corrected chi connectivity index (χ1v) is 12.6. The van der Waals surface area contributed by atoms with E-state index in [1.807, 2.05) is 18.2 Å². The predicted molar refractivity (Wildman–Crippen MR) is 131 cm³/mol. The molecule has 2 saturated carbocycles. The van der Waals surface area contributed by atoms with Gasteiger partial charge in [0.1, 0.15) is 0 Å². The topological polar surface area (TPSA) is 41.6 Å². The first kappa shape index (κ1) is 22.4. The minimum atomic E-state index is -0.934. The molecule has 3 unspecified atom stereocenters. The number of carbonyl (C=O) groups is 1. The second-order valence-corrected chi connectivity index (χ2v) is 10.0. The number of likely N-dealkylation sites (tertiary alicyclic amines) is 1. The molecule has 2 aromatic carbocycles. The Morgan fingerprint density at radius 2 is 1.64 bits per heavy atom. The Balaban J connectivity index is 1.30. The SMILES string of the molecule is C=CCOC(C(=O)NC1C2CN(Cc3ccccc3)CC21)(c1ccccc1)C1CCCCC1. The molecule has 1 saturated heterocycles. The van der Waals surface area contributed by atoms with Gasteiger partial charge in [-0.2, -0.15) is 0 Å². The largest absolute Gasteiger partial charge is 0.356 e. The average Bonchev–Trinajstić information content (AvgIpc) is 3.30. The second kappa shape index (κ2) is 9.82. The average molecular weight is 445 g/mol. The fourth-order valence-electron chi connectivity index (χ4n) is 6.26. The minimum Gasteiger partial charge on any atom is -0.356 e. The van der Waals surface area contributed by atoms with Crippen molar-refractivity contribution in [2.45, 2.75) is 50.3 Å². The van der Waals surface area contributed by atoms with Crippen LogP contribution in [-0.2, 0) is 21.7 Å². The van der Waals surface area contributed by atoms with Crippen LogP contribution in [0.25, 0.3) is 0 Å². The van der Waals surface area contributed by atoms with E-state index in [4.69, 9.17) is 4.74 Å². The number of nitrogens with zero attached hydrogens (tertiary/aromatic N) is 1. The molecule has 1 N–H and O–H groups in total. The third-order valence-corrected chi connectivity index (χ3v) is 7.97. The van der Waals surface area contributed by atoms with Crippen molar-refractivity contribution >= 4 is 5.91 Å². The number of hydrogen-bond donors (Lipinski definition) is 1. The molecule has 0 bridgehead atoms. The molecule has 1 aliphatic heterocycles. The molecule has 1 amide bonds. The molecular weight excluding hydrogens is 408 g/mol. The van der Waals surface area contributed by atoms with Crippen molar-refractivity contribution < 1.29 is 9.53 Å². The van der Waals surface area contributed by atoms with Crippen LogP contribution in [0.2, 0.25) is 0 Å². The second-order valence-electron chi connectivity index (χ2n) is 10.0. The van der Waals surface area contributed by atoms with Gasteiger partial charge in [0.05, 0.1) is 6.61 Å². The fourth-order valence-corrected chi connectivity index (χ4v) is 6.26. The van der Waals surface area contributed by atoms with Crippen molar-refractivity contribution in [3.8, 4) is 0 Å². The summed E-state index contributed by atoms with van der Waals surface area (Å²) in [4.78, 5) is 16.6. The molecule has 3 atom stereocenters. The molecule has 4 heteroatoms.